The highest BCUT2D eigenvalue weighted by molar-refractivity contribution is 6.91. The van der Waals surface area contributed by atoms with Gasteiger partial charge < -0.3 is 40.7 Å². The van der Waals surface area contributed by atoms with Crippen molar-refractivity contribution in [1.29, 1.82) is 0 Å². The largest absolute Gasteiger partial charge is 0.497 e. The van der Waals surface area contributed by atoms with Gasteiger partial charge in [0.05, 0.1) is 63.6 Å². The molecule has 4 aliphatic rings. The van der Waals surface area contributed by atoms with Crippen LogP contribution in [0.15, 0.2) is 103 Å². The van der Waals surface area contributed by atoms with E-state index in [1.54, 1.807) is 7.11 Å². The first-order valence-electron chi connectivity index (χ1n) is 24.0. The summed E-state index contributed by atoms with van der Waals surface area (Å²) in [5, 5.41) is 33.7. The van der Waals surface area contributed by atoms with Crippen molar-refractivity contribution in [2.24, 2.45) is 17.8 Å². The quantitative estimate of drug-likeness (QED) is 0.0769. The van der Waals surface area contributed by atoms with E-state index in [2.05, 4.69) is 63.7 Å². The molecule has 0 aliphatic carbocycles. The number of aliphatic hydroxyl groups is 1. The molecule has 14 nitrogen and oxygen atoms in total. The minimum absolute atomic E-state index is 0.00934. The van der Waals surface area contributed by atoms with E-state index in [0.29, 0.717) is 43.1 Å². The summed E-state index contributed by atoms with van der Waals surface area (Å²) in [5.74, 6) is -0.281. The maximum absolute atomic E-state index is 15.8. The number of carbonyl (C=O) groups is 3. The Balaban J connectivity index is 1.07. The van der Waals surface area contributed by atoms with Gasteiger partial charge in [-0.05, 0) is 104 Å². The molecule has 4 aliphatic heterocycles. The number of amides is 3. The van der Waals surface area contributed by atoms with Crippen molar-refractivity contribution in [3.8, 4) is 5.75 Å². The number of aromatic nitrogens is 3. The molecule has 15 heteroatoms. The van der Waals surface area contributed by atoms with Crippen LogP contribution in [-0.2, 0) is 37.8 Å². The Morgan fingerprint density at radius 2 is 1.60 bits per heavy atom. The van der Waals surface area contributed by atoms with Gasteiger partial charge in [-0.2, -0.15) is 0 Å². The van der Waals surface area contributed by atoms with Crippen molar-refractivity contribution in [1.82, 2.24) is 25.6 Å². The summed E-state index contributed by atoms with van der Waals surface area (Å²) in [6.07, 6.45) is 5.63. The van der Waals surface area contributed by atoms with Crippen LogP contribution in [0.2, 0.25) is 18.6 Å². The van der Waals surface area contributed by atoms with Gasteiger partial charge in [0.1, 0.15) is 5.75 Å². The molecule has 0 saturated carbocycles. The van der Waals surface area contributed by atoms with Crippen molar-refractivity contribution >= 4 is 48.0 Å². The van der Waals surface area contributed by atoms with E-state index in [-0.39, 0.29) is 66.2 Å². The molecule has 0 bridgehead atoms. The van der Waals surface area contributed by atoms with E-state index in [0.717, 1.165) is 66.9 Å². The average molecular weight is 925 g/mol. The number of nitrogens with one attached hydrogen (secondary N) is 4. The standard InChI is InChI=1S/C52H64N8O6Si/c1-34-48(67(3,4)42-20-18-41(65-2)19-21-42)47(23-26-59-32-45(57-58-59)43(33-61)36-12-6-5-7-13-36)66-52(34)44-28-40(56-50(63)38-15-10-25-54-30-38)17-22-46(44)60(51(52)64)31-35-11-8-16-39(27-35)55-49(62)37-14-9-24-53-29-37/h5-8,11-13,16-22,27-28,32,34,37-38,43,47-48,53-54,61H,9-10,14-15,23-26,29-31,33H2,1-4H3,(H,55,62)(H,56,63)/t34-,37?,38?,43?,47+,48-,52+/m1/s1. The molecule has 4 aromatic carbocycles. The number of ether oxygens (including phenoxy) is 2. The van der Waals surface area contributed by atoms with Crippen LogP contribution >= 0.6 is 0 Å². The Morgan fingerprint density at radius 1 is 0.910 bits per heavy atom. The second-order valence-corrected chi connectivity index (χ2v) is 24.1. The number of aliphatic hydroxyl groups excluding tert-OH is 1. The van der Waals surface area contributed by atoms with E-state index in [4.69, 9.17) is 9.47 Å². The second kappa shape index (κ2) is 19.9. The molecule has 5 heterocycles. The fourth-order valence-electron chi connectivity index (χ4n) is 11.3. The van der Waals surface area contributed by atoms with Crippen LogP contribution in [0.3, 0.4) is 0 Å². The third-order valence-corrected chi connectivity index (χ3v) is 19.3. The third-order valence-electron chi connectivity index (χ3n) is 14.9. The fraction of sp³-hybridized carbons (Fsp3) is 0.442. The first-order chi connectivity index (χ1) is 32.5. The number of piperidine rings is 2. The molecule has 352 valence electrons. The fourth-order valence-corrected chi connectivity index (χ4v) is 15.3. The van der Waals surface area contributed by atoms with E-state index in [1.165, 1.54) is 5.19 Å². The van der Waals surface area contributed by atoms with Gasteiger partial charge >= 0.3 is 0 Å². The molecular formula is C52H64N8O6Si. The van der Waals surface area contributed by atoms with Crippen LogP contribution < -0.4 is 36.1 Å². The SMILES string of the molecule is COc1ccc([Si](C)(C)[C@H]2[C@H](CCn3cc(C(CO)c4ccccc4)nn3)O[C@@]3(C(=O)N(Cc4cccc(NC(=O)C5CCCNC5)c4)c4ccc(NC(=O)C5CCCNC5)cc43)[C@@H]2C)cc1. The second-order valence-electron chi connectivity index (χ2n) is 19.4. The summed E-state index contributed by atoms with van der Waals surface area (Å²) in [6, 6.07) is 31.7. The number of nitrogens with zero attached hydrogens (tertiary/aromatic N) is 4. The molecule has 1 spiro atoms. The van der Waals surface area contributed by atoms with E-state index in [1.807, 2.05) is 101 Å². The maximum atomic E-state index is 15.8. The van der Waals surface area contributed by atoms with Crippen molar-refractivity contribution in [3.05, 3.63) is 126 Å². The maximum Gasteiger partial charge on any atom is 0.264 e. The molecule has 5 N–H and O–H groups in total. The number of fused-ring (bicyclic) bond motifs is 2. The smallest absolute Gasteiger partial charge is 0.264 e. The molecule has 0 radical (unpaired) electrons. The lowest BCUT2D eigenvalue weighted by Crippen LogP contribution is -2.51. The molecule has 3 fully saturated rings. The highest BCUT2D eigenvalue weighted by atomic mass is 28.3. The lowest BCUT2D eigenvalue weighted by atomic mass is 9.82. The van der Waals surface area contributed by atoms with Crippen molar-refractivity contribution in [2.75, 3.05) is 55.4 Å². The molecular weight excluding hydrogens is 861 g/mol. The molecule has 9 rings (SSSR count). The zero-order valence-corrected chi connectivity index (χ0v) is 40.0. The first-order valence-corrected chi connectivity index (χ1v) is 27.0. The molecule has 3 amide bonds. The van der Waals surface area contributed by atoms with Crippen molar-refractivity contribution in [2.45, 2.75) is 88.4 Å². The molecule has 5 aromatic rings. The van der Waals surface area contributed by atoms with Gasteiger partial charge in [0, 0.05) is 48.7 Å². The number of benzene rings is 4. The van der Waals surface area contributed by atoms with Crippen LogP contribution in [0, 0.1) is 17.8 Å². The lowest BCUT2D eigenvalue weighted by Gasteiger charge is -2.37. The first kappa shape index (κ1) is 46.4. The Labute approximate surface area is 394 Å². The van der Waals surface area contributed by atoms with Crippen LogP contribution in [-0.4, -0.2) is 91.9 Å². The summed E-state index contributed by atoms with van der Waals surface area (Å²) >= 11 is 0. The Kier molecular flexibility index (Phi) is 13.8. The summed E-state index contributed by atoms with van der Waals surface area (Å²) in [7, 11) is -0.832. The highest BCUT2D eigenvalue weighted by Gasteiger charge is 2.66. The summed E-state index contributed by atoms with van der Waals surface area (Å²) in [6.45, 7) is 10.6. The highest BCUT2D eigenvalue weighted by Crippen LogP contribution is 2.60. The predicted octanol–water partition coefficient (Wildman–Crippen LogP) is 6.14. The van der Waals surface area contributed by atoms with Gasteiger partial charge in [0.2, 0.25) is 11.8 Å². The zero-order chi connectivity index (χ0) is 46.7. The topological polar surface area (TPSA) is 172 Å². The minimum Gasteiger partial charge on any atom is -0.497 e. The van der Waals surface area contributed by atoms with Crippen molar-refractivity contribution in [3.63, 3.8) is 0 Å². The molecule has 3 saturated heterocycles. The normalized spacial score (nSPS) is 24.3. The molecule has 7 atom stereocenters. The summed E-state index contributed by atoms with van der Waals surface area (Å²) in [4.78, 5) is 44.6. The number of aryl methyl sites for hydroxylation is 1. The van der Waals surface area contributed by atoms with Crippen LogP contribution in [0.1, 0.15) is 67.3 Å². The third kappa shape index (κ3) is 9.31. The van der Waals surface area contributed by atoms with Crippen LogP contribution in [0.25, 0.3) is 0 Å². The molecule has 3 unspecified atom stereocenters. The molecule has 1 aromatic heterocycles. The molecule has 67 heavy (non-hydrogen) atoms. The number of methoxy groups -OCH3 is 1. The van der Waals surface area contributed by atoms with E-state index < -0.39 is 13.7 Å². The van der Waals surface area contributed by atoms with E-state index in [9.17, 15) is 14.7 Å². The number of rotatable bonds is 15. The average Bonchev–Trinajstić information content (AvgIpc) is 4.02. The van der Waals surface area contributed by atoms with Gasteiger partial charge in [-0.15, -0.1) is 5.10 Å². The van der Waals surface area contributed by atoms with Gasteiger partial charge in [0.25, 0.3) is 5.91 Å². The monoisotopic (exact) mass is 924 g/mol. The van der Waals surface area contributed by atoms with Gasteiger partial charge in [-0.1, -0.05) is 85.0 Å². The zero-order valence-electron chi connectivity index (χ0n) is 39.0. The Morgan fingerprint density at radius 3 is 2.24 bits per heavy atom. The van der Waals surface area contributed by atoms with E-state index >= 15 is 4.79 Å². The minimum atomic E-state index is -2.50. The van der Waals surface area contributed by atoms with Gasteiger partial charge in [-0.3, -0.25) is 19.1 Å². The lowest BCUT2D eigenvalue weighted by molar-refractivity contribution is -0.146. The van der Waals surface area contributed by atoms with Gasteiger partial charge in [-0.25, -0.2) is 0 Å². The summed E-state index contributed by atoms with van der Waals surface area (Å²) in [5.41, 5.74) is 3.86. The van der Waals surface area contributed by atoms with Crippen LogP contribution in [0.5, 0.6) is 5.75 Å². The number of hydrogen-bond acceptors (Lipinski definition) is 10. The predicted molar refractivity (Wildman–Crippen MR) is 262 cm³/mol. The van der Waals surface area contributed by atoms with Crippen molar-refractivity contribution < 1.29 is 29.0 Å². The van der Waals surface area contributed by atoms with Crippen LogP contribution in [0.4, 0.5) is 17.1 Å². The Hall–Kier alpha value is -5.71. The summed E-state index contributed by atoms with van der Waals surface area (Å²) < 4.78 is 14.9. The number of carbonyl (C=O) groups excluding carboxylic acids is 3. The number of anilines is 3. The Bertz CT molecular complexity index is 2540. The van der Waals surface area contributed by atoms with Gasteiger partial charge in [0.15, 0.2) is 5.60 Å². The number of hydrogen-bond donors (Lipinski definition) is 5.